The van der Waals surface area contributed by atoms with Crippen molar-refractivity contribution in [1.82, 2.24) is 14.7 Å². The third-order valence-electron chi connectivity index (χ3n) is 11.4. The van der Waals surface area contributed by atoms with E-state index in [0.717, 1.165) is 35.3 Å². The van der Waals surface area contributed by atoms with Crippen LogP contribution >= 0.6 is 0 Å². The fourth-order valence-corrected chi connectivity index (χ4v) is 8.95. The highest BCUT2D eigenvalue weighted by molar-refractivity contribution is 5.93. The third-order valence-corrected chi connectivity index (χ3v) is 11.4. The number of hydrogen-bond donors (Lipinski definition) is 2. The van der Waals surface area contributed by atoms with Gasteiger partial charge < -0.3 is 33.6 Å². The second kappa shape index (κ2) is 10.6. The summed E-state index contributed by atoms with van der Waals surface area (Å²) in [6.45, 7) is 1.66. The Morgan fingerprint density at radius 3 is 2.30 bits per heavy atom. The molecule has 4 heterocycles. The molecule has 10 nitrogen and oxygen atoms in total. The zero-order chi connectivity index (χ0) is 31.8. The average molecular weight is 626 g/mol. The van der Waals surface area contributed by atoms with Crippen molar-refractivity contribution in [3.63, 3.8) is 0 Å². The van der Waals surface area contributed by atoms with E-state index in [-0.39, 0.29) is 23.6 Å². The van der Waals surface area contributed by atoms with Gasteiger partial charge in [-0.15, -0.1) is 0 Å². The molecule has 2 bridgehead atoms. The molecule has 2 N–H and O–H groups in total. The Hall–Kier alpha value is -4.28. The number of amides is 2. The van der Waals surface area contributed by atoms with E-state index in [1.807, 2.05) is 6.07 Å². The number of nitrogens with zero attached hydrogens (tertiary/aromatic N) is 3. The first-order valence-electron chi connectivity index (χ1n) is 16.1. The number of carbonyl (C=O) groups excluding carboxylic acids is 2. The number of carbonyl (C=O) groups is 2. The molecule has 1 spiro atoms. The van der Waals surface area contributed by atoms with Gasteiger partial charge in [-0.1, -0.05) is 6.07 Å². The van der Waals surface area contributed by atoms with Crippen LogP contribution in [0.3, 0.4) is 0 Å². The zero-order valence-electron chi connectivity index (χ0n) is 26.0. The van der Waals surface area contributed by atoms with Crippen molar-refractivity contribution >= 4 is 24.0 Å². The average Bonchev–Trinajstić information content (AvgIpc) is 3.40. The minimum absolute atomic E-state index is 0.0281. The standard InChI is InChI=1S/C36H39N3O7/c1-37(30(41)9-5-23-11-15-44-20-23)26-18-28(38(2)31(42)10-6-24-12-16-45-21-24)36(43)29-17-25-7-8-27(40)33-32(25)35(36,34(26)46-33)13-14-39(29)19-22-3-4-22/h5-12,15-16,20-22,26,28-29,34,40,43H,3-4,13-14,17-19H2,1-2H3/t26-,28+,29-,34+,35+,36-/m1/s1. The third kappa shape index (κ3) is 4.23. The van der Waals surface area contributed by atoms with E-state index >= 15 is 0 Å². The topological polar surface area (TPSA) is 120 Å². The van der Waals surface area contributed by atoms with Crippen molar-refractivity contribution in [1.29, 1.82) is 0 Å². The van der Waals surface area contributed by atoms with Crippen LogP contribution in [0.4, 0.5) is 0 Å². The maximum Gasteiger partial charge on any atom is 0.246 e. The Kier molecular flexibility index (Phi) is 6.74. The highest BCUT2D eigenvalue weighted by Crippen LogP contribution is 2.66. The summed E-state index contributed by atoms with van der Waals surface area (Å²) in [5, 5.41) is 24.7. The molecule has 1 aromatic carbocycles. The van der Waals surface area contributed by atoms with Gasteiger partial charge in [0.2, 0.25) is 11.8 Å². The number of aliphatic hydroxyl groups is 1. The zero-order valence-corrected chi connectivity index (χ0v) is 26.0. The maximum absolute atomic E-state index is 13.9. The lowest BCUT2D eigenvalue weighted by atomic mass is 9.46. The lowest BCUT2D eigenvalue weighted by molar-refractivity contribution is -0.229. The summed E-state index contributed by atoms with van der Waals surface area (Å²) >= 11 is 0. The Balaban J connectivity index is 1.24. The molecule has 10 heteroatoms. The largest absolute Gasteiger partial charge is 0.504 e. The number of hydrogen-bond acceptors (Lipinski definition) is 8. The molecule has 1 saturated heterocycles. The number of likely N-dealkylation sites (N-methyl/N-ethyl adjacent to an activating group) is 2. The van der Waals surface area contributed by atoms with Gasteiger partial charge in [0, 0.05) is 55.5 Å². The minimum atomic E-state index is -1.41. The smallest absolute Gasteiger partial charge is 0.246 e. The summed E-state index contributed by atoms with van der Waals surface area (Å²) < 4.78 is 17.1. The lowest BCUT2D eigenvalue weighted by Crippen LogP contribution is -2.84. The Bertz CT molecular complexity index is 1710. The van der Waals surface area contributed by atoms with E-state index in [4.69, 9.17) is 13.6 Å². The van der Waals surface area contributed by atoms with Crippen LogP contribution in [0.1, 0.15) is 47.9 Å². The van der Waals surface area contributed by atoms with Gasteiger partial charge in [-0.05, 0) is 80.5 Å². The number of phenols is 1. The molecule has 240 valence electrons. The molecule has 2 aliphatic heterocycles. The molecule has 2 saturated carbocycles. The number of furan rings is 2. The van der Waals surface area contributed by atoms with Crippen molar-refractivity contribution in [2.24, 2.45) is 5.92 Å². The first-order chi connectivity index (χ1) is 22.2. The van der Waals surface area contributed by atoms with Crippen LogP contribution in [-0.4, -0.2) is 93.7 Å². The second-order valence-corrected chi connectivity index (χ2v) is 13.7. The molecule has 2 amide bonds. The maximum atomic E-state index is 13.9. The quantitative estimate of drug-likeness (QED) is 0.363. The highest BCUT2D eigenvalue weighted by atomic mass is 16.5. The molecule has 0 radical (unpaired) electrons. The van der Waals surface area contributed by atoms with Crippen LogP contribution < -0.4 is 4.74 Å². The SMILES string of the molecule is CN(C(=O)C=Cc1ccoc1)[C@@H]1C[C@H](N(C)C(=O)C=Cc2ccoc2)[C@@]2(O)[C@H]3Cc4ccc(O)c5c4[C@@]2(CCN3CC2CC2)[C@H]1O5. The molecule has 3 aliphatic carbocycles. The van der Waals surface area contributed by atoms with Crippen LogP contribution in [0.15, 0.2) is 70.3 Å². The van der Waals surface area contributed by atoms with E-state index < -0.39 is 29.2 Å². The van der Waals surface area contributed by atoms with E-state index in [1.165, 1.54) is 25.0 Å². The lowest BCUT2D eigenvalue weighted by Gasteiger charge is -2.68. The predicted octanol–water partition coefficient (Wildman–Crippen LogP) is 3.83. The van der Waals surface area contributed by atoms with Gasteiger partial charge in [-0.25, -0.2) is 0 Å². The van der Waals surface area contributed by atoms with Gasteiger partial charge >= 0.3 is 0 Å². The number of benzene rings is 1. The number of aromatic hydroxyl groups is 1. The number of phenolic OH excluding ortho intramolecular Hbond substituents is 1. The van der Waals surface area contributed by atoms with Crippen molar-refractivity contribution in [2.45, 2.75) is 67.3 Å². The van der Waals surface area contributed by atoms with Gasteiger partial charge in [0.05, 0.1) is 42.6 Å². The molecule has 0 unspecified atom stereocenters. The summed E-state index contributed by atoms with van der Waals surface area (Å²) in [5.74, 6) is 0.547. The van der Waals surface area contributed by atoms with E-state index in [2.05, 4.69) is 4.90 Å². The molecular formula is C36H39N3O7. The molecule has 6 atom stereocenters. The van der Waals surface area contributed by atoms with E-state index in [1.54, 1.807) is 79.3 Å². The Morgan fingerprint density at radius 1 is 1.00 bits per heavy atom. The summed E-state index contributed by atoms with van der Waals surface area (Å²) in [5.41, 5.74) is 1.06. The predicted molar refractivity (Wildman–Crippen MR) is 169 cm³/mol. The first-order valence-corrected chi connectivity index (χ1v) is 16.1. The highest BCUT2D eigenvalue weighted by Gasteiger charge is 2.77. The van der Waals surface area contributed by atoms with Gasteiger partial charge in [-0.2, -0.15) is 0 Å². The summed E-state index contributed by atoms with van der Waals surface area (Å²) in [6.07, 6.45) is 15.9. The molecule has 3 aromatic rings. The van der Waals surface area contributed by atoms with Crippen LogP contribution in [0.25, 0.3) is 12.2 Å². The van der Waals surface area contributed by atoms with Gasteiger partial charge in [0.25, 0.3) is 0 Å². The van der Waals surface area contributed by atoms with Crippen LogP contribution in [0.2, 0.25) is 0 Å². The van der Waals surface area contributed by atoms with Crippen LogP contribution in [-0.2, 0) is 21.4 Å². The molecule has 2 aromatic heterocycles. The Labute approximate surface area is 267 Å². The van der Waals surface area contributed by atoms with Crippen LogP contribution in [0.5, 0.6) is 11.5 Å². The summed E-state index contributed by atoms with van der Waals surface area (Å²) in [6, 6.07) is 5.76. The van der Waals surface area contributed by atoms with Crippen molar-refractivity contribution in [2.75, 3.05) is 27.2 Å². The van der Waals surface area contributed by atoms with E-state index in [0.29, 0.717) is 30.9 Å². The normalized spacial score (nSPS) is 31.2. The summed E-state index contributed by atoms with van der Waals surface area (Å²) in [4.78, 5) is 33.4. The number of likely N-dealkylation sites (tertiary alicyclic amines) is 1. The molecular weight excluding hydrogens is 586 g/mol. The number of piperidine rings is 1. The minimum Gasteiger partial charge on any atom is -0.504 e. The second-order valence-electron chi connectivity index (χ2n) is 13.7. The first kappa shape index (κ1) is 29.1. The number of rotatable bonds is 8. The fourth-order valence-electron chi connectivity index (χ4n) is 8.95. The Morgan fingerprint density at radius 2 is 1.67 bits per heavy atom. The van der Waals surface area contributed by atoms with Crippen molar-refractivity contribution in [3.05, 3.63) is 83.7 Å². The van der Waals surface area contributed by atoms with Gasteiger partial charge in [0.15, 0.2) is 11.5 Å². The number of ether oxygens (including phenoxy) is 1. The monoisotopic (exact) mass is 625 g/mol. The van der Waals surface area contributed by atoms with E-state index in [9.17, 15) is 19.8 Å². The summed E-state index contributed by atoms with van der Waals surface area (Å²) in [7, 11) is 3.50. The van der Waals surface area contributed by atoms with Gasteiger partial charge in [-0.3, -0.25) is 14.5 Å². The van der Waals surface area contributed by atoms with Crippen molar-refractivity contribution < 1.29 is 33.4 Å². The van der Waals surface area contributed by atoms with Crippen molar-refractivity contribution in [3.8, 4) is 11.5 Å². The molecule has 3 fully saturated rings. The molecule has 5 aliphatic rings. The molecule has 8 rings (SSSR count). The molecule has 46 heavy (non-hydrogen) atoms. The fraction of sp³-hybridized carbons (Fsp3) is 0.444. The van der Waals surface area contributed by atoms with Crippen LogP contribution in [0, 0.1) is 5.92 Å². The van der Waals surface area contributed by atoms with Gasteiger partial charge in [0.1, 0.15) is 11.7 Å².